The third-order valence-electron chi connectivity index (χ3n) is 10.7. The van der Waals surface area contributed by atoms with Crippen LogP contribution in [0.3, 0.4) is 0 Å². The summed E-state index contributed by atoms with van der Waals surface area (Å²) in [5.74, 6) is 1.98. The highest BCUT2D eigenvalue weighted by atomic mass is 32.1. The molecule has 0 N–H and O–H groups in total. The topological polar surface area (TPSA) is 38.7 Å². The van der Waals surface area contributed by atoms with Gasteiger partial charge in [0.15, 0.2) is 17.5 Å². The average molecular weight is 718 g/mol. The third-order valence-corrected chi connectivity index (χ3v) is 11.8. The highest BCUT2D eigenvalue weighted by molar-refractivity contribution is 7.22. The number of hydrogen-bond donors (Lipinski definition) is 0. The van der Waals surface area contributed by atoms with E-state index < -0.39 is 0 Å². The zero-order valence-electron chi connectivity index (χ0n) is 29.6. The molecule has 256 valence electrons. The van der Waals surface area contributed by atoms with Crippen LogP contribution in [0.2, 0.25) is 0 Å². The summed E-state index contributed by atoms with van der Waals surface area (Å²) in [4.78, 5) is 16.4. The van der Waals surface area contributed by atoms with Gasteiger partial charge in [-0.3, -0.25) is 0 Å². The summed E-state index contributed by atoms with van der Waals surface area (Å²) >= 11 is 1.71. The van der Waals surface area contributed by atoms with Crippen LogP contribution in [0, 0.1) is 0 Å². The fourth-order valence-corrected chi connectivity index (χ4v) is 9.11. The fraction of sp³-hybridized carbons (Fsp3) is 0. The predicted octanol–water partition coefficient (Wildman–Crippen LogP) is 14.0. The van der Waals surface area contributed by atoms with Crippen molar-refractivity contribution in [3.05, 3.63) is 188 Å². The Morgan fingerprint density at radius 1 is 0.309 bits per heavy atom. The lowest BCUT2D eigenvalue weighted by Gasteiger charge is -2.16. The van der Waals surface area contributed by atoms with Crippen molar-refractivity contribution >= 4 is 64.5 Å². The number of benzene rings is 9. The van der Waals surface area contributed by atoms with E-state index in [1.165, 1.54) is 58.7 Å². The first kappa shape index (κ1) is 31.5. The minimum atomic E-state index is 0.648. The minimum Gasteiger partial charge on any atom is -0.208 e. The second-order valence-electron chi connectivity index (χ2n) is 14.0. The van der Waals surface area contributed by atoms with E-state index in [4.69, 9.17) is 15.0 Å². The quantitative estimate of drug-likeness (QED) is 0.166. The van der Waals surface area contributed by atoms with E-state index in [-0.39, 0.29) is 0 Å². The van der Waals surface area contributed by atoms with Crippen LogP contribution in [-0.4, -0.2) is 15.0 Å². The Morgan fingerprint density at radius 2 is 0.836 bits per heavy atom. The zero-order chi connectivity index (χ0) is 36.3. The number of fused-ring (bicyclic) bond motifs is 9. The van der Waals surface area contributed by atoms with Crippen LogP contribution in [0.25, 0.3) is 109 Å². The molecule has 0 aliphatic heterocycles. The maximum absolute atomic E-state index is 5.13. The minimum absolute atomic E-state index is 0.648. The molecule has 55 heavy (non-hydrogen) atoms. The van der Waals surface area contributed by atoms with E-state index in [0.717, 1.165) is 32.7 Å². The van der Waals surface area contributed by atoms with Gasteiger partial charge in [-0.25, -0.2) is 15.0 Å². The third kappa shape index (κ3) is 5.38. The van der Waals surface area contributed by atoms with Gasteiger partial charge in [0, 0.05) is 15.8 Å². The van der Waals surface area contributed by atoms with Crippen molar-refractivity contribution in [2.75, 3.05) is 0 Å². The lowest BCUT2D eigenvalue weighted by Crippen LogP contribution is -1.99. The van der Waals surface area contributed by atoms with Crippen LogP contribution < -0.4 is 0 Å². The monoisotopic (exact) mass is 717 g/mol. The van der Waals surface area contributed by atoms with E-state index in [2.05, 4.69) is 182 Å². The Bertz CT molecular complexity index is 3220. The molecule has 0 bridgehead atoms. The molecule has 2 aromatic heterocycles. The molecule has 0 atom stereocenters. The normalized spacial score (nSPS) is 11.6. The number of thiophene rings is 1. The smallest absolute Gasteiger partial charge is 0.174 e. The average Bonchev–Trinajstić information content (AvgIpc) is 3.71. The Kier molecular flexibility index (Phi) is 7.35. The molecule has 0 saturated carbocycles. The molecule has 0 saturated heterocycles. The summed E-state index contributed by atoms with van der Waals surface area (Å²) in [5, 5.41) is 11.3. The number of rotatable bonds is 5. The van der Waals surface area contributed by atoms with Gasteiger partial charge in [-0.1, -0.05) is 164 Å². The SMILES string of the molecule is c1ccc(-c2cccc(-c3nc(-c4ccc(-c5cc6c7ccccc7c7ccccc7c6c6ccccc56)cc4)nc(-c4cc5ccccc5s4)n3)c2)cc1. The van der Waals surface area contributed by atoms with E-state index in [0.29, 0.717) is 17.5 Å². The lowest BCUT2D eigenvalue weighted by molar-refractivity contribution is 1.08. The Hall–Kier alpha value is -7.01. The van der Waals surface area contributed by atoms with E-state index in [1.807, 2.05) is 6.07 Å². The van der Waals surface area contributed by atoms with Crippen molar-refractivity contribution in [3.63, 3.8) is 0 Å². The Morgan fingerprint density at radius 3 is 1.58 bits per heavy atom. The molecule has 0 radical (unpaired) electrons. The van der Waals surface area contributed by atoms with E-state index >= 15 is 0 Å². The van der Waals surface area contributed by atoms with Crippen LogP contribution in [-0.2, 0) is 0 Å². The van der Waals surface area contributed by atoms with Crippen LogP contribution in [0.4, 0.5) is 0 Å². The van der Waals surface area contributed by atoms with E-state index in [9.17, 15) is 0 Å². The molecular weight excluding hydrogens is 687 g/mol. The van der Waals surface area contributed by atoms with Crippen molar-refractivity contribution in [2.45, 2.75) is 0 Å². The van der Waals surface area contributed by atoms with Gasteiger partial charge >= 0.3 is 0 Å². The largest absolute Gasteiger partial charge is 0.208 e. The summed E-state index contributed by atoms with van der Waals surface area (Å²) < 4.78 is 1.21. The predicted molar refractivity (Wildman–Crippen MR) is 232 cm³/mol. The van der Waals surface area contributed by atoms with Gasteiger partial charge in [0.2, 0.25) is 0 Å². The van der Waals surface area contributed by atoms with Crippen molar-refractivity contribution in [3.8, 4) is 55.7 Å². The molecule has 0 amide bonds. The van der Waals surface area contributed by atoms with Crippen molar-refractivity contribution in [1.82, 2.24) is 15.0 Å². The Balaban J connectivity index is 1.07. The summed E-state index contributed by atoms with van der Waals surface area (Å²) in [6.07, 6.45) is 0. The highest BCUT2D eigenvalue weighted by Crippen LogP contribution is 2.43. The molecule has 0 spiro atoms. The fourth-order valence-electron chi connectivity index (χ4n) is 8.11. The van der Waals surface area contributed by atoms with Crippen molar-refractivity contribution < 1.29 is 0 Å². The van der Waals surface area contributed by atoms with Gasteiger partial charge in [-0.05, 0) is 95.0 Å². The molecule has 11 aromatic rings. The molecule has 4 heteroatoms. The number of aromatic nitrogens is 3. The molecule has 11 rings (SSSR count). The molecule has 0 aliphatic carbocycles. The molecule has 2 heterocycles. The maximum Gasteiger partial charge on any atom is 0.174 e. The highest BCUT2D eigenvalue weighted by Gasteiger charge is 2.17. The number of hydrogen-bond acceptors (Lipinski definition) is 4. The van der Waals surface area contributed by atoms with Crippen LogP contribution in [0.5, 0.6) is 0 Å². The lowest BCUT2D eigenvalue weighted by atomic mass is 9.87. The molecule has 0 aliphatic rings. The number of nitrogens with zero attached hydrogens (tertiary/aromatic N) is 3. The van der Waals surface area contributed by atoms with Gasteiger partial charge in [0.1, 0.15) is 0 Å². The maximum atomic E-state index is 5.13. The van der Waals surface area contributed by atoms with E-state index in [1.54, 1.807) is 11.3 Å². The molecular formula is C51H31N3S. The van der Waals surface area contributed by atoms with Crippen LogP contribution >= 0.6 is 11.3 Å². The second kappa shape index (κ2) is 12.8. The van der Waals surface area contributed by atoms with Crippen molar-refractivity contribution in [2.24, 2.45) is 0 Å². The van der Waals surface area contributed by atoms with Gasteiger partial charge in [0.05, 0.1) is 4.88 Å². The first-order chi connectivity index (χ1) is 27.2. The Labute approximate surface area is 321 Å². The molecule has 0 unspecified atom stereocenters. The molecule has 9 aromatic carbocycles. The van der Waals surface area contributed by atoms with Gasteiger partial charge in [0.25, 0.3) is 0 Å². The molecule has 3 nitrogen and oxygen atoms in total. The van der Waals surface area contributed by atoms with Gasteiger partial charge in [-0.15, -0.1) is 11.3 Å². The summed E-state index contributed by atoms with van der Waals surface area (Å²) in [6.45, 7) is 0. The summed E-state index contributed by atoms with van der Waals surface area (Å²) in [5.41, 5.74) is 6.52. The van der Waals surface area contributed by atoms with Gasteiger partial charge < -0.3 is 0 Å². The summed E-state index contributed by atoms with van der Waals surface area (Å²) in [7, 11) is 0. The van der Waals surface area contributed by atoms with Crippen LogP contribution in [0.15, 0.2) is 188 Å². The van der Waals surface area contributed by atoms with Crippen LogP contribution in [0.1, 0.15) is 0 Å². The second-order valence-corrected chi connectivity index (χ2v) is 15.0. The molecule has 0 fully saturated rings. The standard InChI is InChI=1S/C51H31N3S/c1-2-13-32(14-3-1)35-16-12-17-37(29-35)50-52-49(53-51(54-50)47-30-36-15-4-11-24-46(36)55-47)34-27-25-33(26-28-34)44-31-45-40-20-6-5-18-38(40)39-19-7-9-22-42(39)48(45)43-23-10-8-21-41(43)44/h1-31H. The zero-order valence-corrected chi connectivity index (χ0v) is 30.5. The van der Waals surface area contributed by atoms with Gasteiger partial charge in [-0.2, -0.15) is 0 Å². The van der Waals surface area contributed by atoms with Crippen molar-refractivity contribution in [1.29, 1.82) is 0 Å². The summed E-state index contributed by atoms with van der Waals surface area (Å²) in [6, 6.07) is 67.1. The first-order valence-corrected chi connectivity index (χ1v) is 19.3. The first-order valence-electron chi connectivity index (χ1n) is 18.5.